The molecular formula is C21H23N7O. The fraction of sp³-hybridized carbons (Fsp3) is 0.333. The van der Waals surface area contributed by atoms with E-state index in [0.29, 0.717) is 18.5 Å². The molecule has 0 spiro atoms. The van der Waals surface area contributed by atoms with E-state index >= 15 is 0 Å². The van der Waals surface area contributed by atoms with Gasteiger partial charge >= 0.3 is 0 Å². The molecule has 1 aromatic carbocycles. The second-order valence-corrected chi connectivity index (χ2v) is 7.34. The lowest BCUT2D eigenvalue weighted by Gasteiger charge is -2.20. The first kappa shape index (κ1) is 17.8. The number of methoxy groups -OCH3 is 1. The summed E-state index contributed by atoms with van der Waals surface area (Å²) in [4.78, 5) is 9.28. The van der Waals surface area contributed by atoms with Gasteiger partial charge in [-0.1, -0.05) is 35.5 Å². The molecule has 0 bridgehead atoms. The van der Waals surface area contributed by atoms with E-state index in [1.807, 2.05) is 41.2 Å². The molecule has 0 aliphatic carbocycles. The Morgan fingerprint density at radius 1 is 1.24 bits per heavy atom. The Kier molecular flexibility index (Phi) is 4.69. The molecule has 8 nitrogen and oxygen atoms in total. The van der Waals surface area contributed by atoms with Gasteiger partial charge in [0.1, 0.15) is 5.52 Å². The van der Waals surface area contributed by atoms with Gasteiger partial charge in [-0.2, -0.15) is 4.98 Å². The van der Waals surface area contributed by atoms with Gasteiger partial charge in [-0.05, 0) is 31.0 Å². The zero-order valence-corrected chi connectivity index (χ0v) is 16.3. The van der Waals surface area contributed by atoms with Crippen LogP contribution in [-0.4, -0.2) is 49.7 Å². The number of rotatable bonds is 5. The number of ether oxygens (including phenoxy) is 1. The second-order valence-electron chi connectivity index (χ2n) is 7.34. The normalized spacial score (nSPS) is 16.9. The van der Waals surface area contributed by atoms with Crippen LogP contribution in [0.25, 0.3) is 16.9 Å². The third-order valence-corrected chi connectivity index (χ3v) is 5.39. The van der Waals surface area contributed by atoms with Gasteiger partial charge in [-0.15, -0.1) is 5.10 Å². The van der Waals surface area contributed by atoms with Crippen molar-refractivity contribution >= 4 is 11.2 Å². The van der Waals surface area contributed by atoms with E-state index in [-0.39, 0.29) is 0 Å². The third-order valence-electron chi connectivity index (χ3n) is 5.39. The van der Waals surface area contributed by atoms with Crippen LogP contribution in [0, 0.1) is 0 Å². The number of pyridine rings is 1. The topological polar surface area (TPSA) is 82.7 Å². The standard InChI is InChI=1S/C21H23N7O/c1-29-21-24-18-10-17(28-14-19(25-26-28)16-8-5-9-22-11-16)12-23-20(18)27(21)13-15-6-3-2-4-7-15/h2-4,6-7,10,12,14,16,22H,5,8-9,11,13H2,1H3. The molecule has 29 heavy (non-hydrogen) atoms. The zero-order chi connectivity index (χ0) is 19.6. The quantitative estimate of drug-likeness (QED) is 0.565. The van der Waals surface area contributed by atoms with E-state index in [9.17, 15) is 0 Å². The molecule has 0 saturated carbocycles. The van der Waals surface area contributed by atoms with Crippen molar-refractivity contribution in [2.75, 3.05) is 20.2 Å². The minimum absolute atomic E-state index is 0.416. The minimum Gasteiger partial charge on any atom is -0.468 e. The average Bonchev–Trinajstić information content (AvgIpc) is 3.40. The highest BCUT2D eigenvalue weighted by molar-refractivity contribution is 5.74. The summed E-state index contributed by atoms with van der Waals surface area (Å²) >= 11 is 0. The molecule has 3 aromatic heterocycles. The van der Waals surface area contributed by atoms with Gasteiger partial charge in [0, 0.05) is 12.5 Å². The lowest BCUT2D eigenvalue weighted by atomic mass is 9.97. The summed E-state index contributed by atoms with van der Waals surface area (Å²) in [6, 6.07) is 12.7. The molecule has 5 rings (SSSR count). The maximum atomic E-state index is 5.50. The fourth-order valence-electron chi connectivity index (χ4n) is 3.86. The second kappa shape index (κ2) is 7.63. The highest BCUT2D eigenvalue weighted by Crippen LogP contribution is 2.25. The van der Waals surface area contributed by atoms with Crippen LogP contribution in [0.5, 0.6) is 6.01 Å². The molecule has 8 heteroatoms. The predicted octanol–water partition coefficient (Wildman–Crippen LogP) is 2.54. The number of nitrogens with one attached hydrogen (secondary N) is 1. The van der Waals surface area contributed by atoms with Gasteiger partial charge in [0.25, 0.3) is 6.01 Å². The molecule has 1 aliphatic rings. The SMILES string of the molecule is COc1nc2cc(-n3cc(C4CCCNC4)nn3)cnc2n1Cc1ccccc1. The summed E-state index contributed by atoms with van der Waals surface area (Å²) in [7, 11) is 1.63. The Morgan fingerprint density at radius 2 is 2.14 bits per heavy atom. The zero-order valence-electron chi connectivity index (χ0n) is 16.3. The molecule has 1 saturated heterocycles. The van der Waals surface area contributed by atoms with Crippen molar-refractivity contribution in [3.8, 4) is 11.7 Å². The summed E-state index contributed by atoms with van der Waals surface area (Å²) in [6.45, 7) is 2.69. The maximum Gasteiger partial charge on any atom is 0.298 e. The molecule has 1 atom stereocenters. The fourth-order valence-corrected chi connectivity index (χ4v) is 3.86. The molecular weight excluding hydrogens is 366 g/mol. The van der Waals surface area contributed by atoms with Crippen molar-refractivity contribution in [1.82, 2.24) is 34.8 Å². The minimum atomic E-state index is 0.416. The van der Waals surface area contributed by atoms with E-state index in [1.54, 1.807) is 11.8 Å². The van der Waals surface area contributed by atoms with Gasteiger partial charge in [0.15, 0.2) is 5.65 Å². The number of imidazole rings is 1. The molecule has 0 radical (unpaired) electrons. The van der Waals surface area contributed by atoms with Crippen LogP contribution in [-0.2, 0) is 6.54 Å². The van der Waals surface area contributed by atoms with Gasteiger partial charge in [-0.25, -0.2) is 9.67 Å². The van der Waals surface area contributed by atoms with E-state index in [1.165, 1.54) is 6.42 Å². The summed E-state index contributed by atoms with van der Waals surface area (Å²) in [5, 5.41) is 12.1. The molecule has 0 amide bonds. The number of benzene rings is 1. The van der Waals surface area contributed by atoms with Crippen molar-refractivity contribution < 1.29 is 4.74 Å². The maximum absolute atomic E-state index is 5.50. The smallest absolute Gasteiger partial charge is 0.298 e. The Morgan fingerprint density at radius 3 is 2.93 bits per heavy atom. The molecule has 1 unspecified atom stereocenters. The number of aromatic nitrogens is 6. The first-order chi connectivity index (χ1) is 14.3. The predicted molar refractivity (Wildman–Crippen MR) is 109 cm³/mol. The summed E-state index contributed by atoms with van der Waals surface area (Å²) in [6.07, 6.45) is 6.12. The number of hydrogen-bond acceptors (Lipinski definition) is 6. The average molecular weight is 389 g/mol. The lowest BCUT2D eigenvalue weighted by Crippen LogP contribution is -2.28. The van der Waals surface area contributed by atoms with Crippen molar-refractivity contribution in [3.05, 3.63) is 60.0 Å². The number of nitrogens with zero attached hydrogens (tertiary/aromatic N) is 6. The first-order valence-electron chi connectivity index (χ1n) is 9.89. The van der Waals surface area contributed by atoms with Crippen LogP contribution < -0.4 is 10.1 Å². The van der Waals surface area contributed by atoms with E-state index in [4.69, 9.17) is 4.74 Å². The van der Waals surface area contributed by atoms with Crippen molar-refractivity contribution in [2.24, 2.45) is 0 Å². The molecule has 148 valence electrons. The van der Waals surface area contributed by atoms with Crippen LogP contribution in [0.15, 0.2) is 48.8 Å². The molecule has 4 heterocycles. The van der Waals surface area contributed by atoms with E-state index < -0.39 is 0 Å². The Balaban J connectivity index is 1.47. The number of piperidine rings is 1. The van der Waals surface area contributed by atoms with Crippen LogP contribution in [0.3, 0.4) is 0 Å². The van der Waals surface area contributed by atoms with Crippen LogP contribution in [0.4, 0.5) is 0 Å². The Labute approximate surface area is 168 Å². The van der Waals surface area contributed by atoms with Crippen molar-refractivity contribution in [2.45, 2.75) is 25.3 Å². The van der Waals surface area contributed by atoms with Gasteiger partial charge < -0.3 is 10.1 Å². The molecule has 1 fully saturated rings. The highest BCUT2D eigenvalue weighted by Gasteiger charge is 2.19. The summed E-state index contributed by atoms with van der Waals surface area (Å²) < 4.78 is 9.26. The van der Waals surface area contributed by atoms with Crippen molar-refractivity contribution in [3.63, 3.8) is 0 Å². The van der Waals surface area contributed by atoms with Crippen molar-refractivity contribution in [1.29, 1.82) is 0 Å². The van der Waals surface area contributed by atoms with Crippen LogP contribution in [0.1, 0.15) is 30.0 Å². The highest BCUT2D eigenvalue weighted by atomic mass is 16.5. The Bertz CT molecular complexity index is 1110. The number of hydrogen-bond donors (Lipinski definition) is 1. The largest absolute Gasteiger partial charge is 0.468 e. The lowest BCUT2D eigenvalue weighted by molar-refractivity contribution is 0.363. The summed E-state index contributed by atoms with van der Waals surface area (Å²) in [5.74, 6) is 0.416. The van der Waals surface area contributed by atoms with Crippen LogP contribution in [0.2, 0.25) is 0 Å². The summed E-state index contributed by atoms with van der Waals surface area (Å²) in [5.41, 5.74) is 4.58. The molecule has 1 aliphatic heterocycles. The number of fused-ring (bicyclic) bond motifs is 1. The van der Waals surface area contributed by atoms with Crippen LogP contribution >= 0.6 is 0 Å². The Hall–Kier alpha value is -3.26. The van der Waals surface area contributed by atoms with E-state index in [2.05, 4.69) is 37.7 Å². The first-order valence-corrected chi connectivity index (χ1v) is 9.89. The van der Waals surface area contributed by atoms with Gasteiger partial charge in [0.05, 0.1) is 37.4 Å². The molecule has 4 aromatic rings. The van der Waals surface area contributed by atoms with E-state index in [0.717, 1.165) is 47.6 Å². The third kappa shape index (κ3) is 3.47. The molecule has 1 N–H and O–H groups in total. The van der Waals surface area contributed by atoms with Gasteiger partial charge in [0.2, 0.25) is 0 Å². The van der Waals surface area contributed by atoms with Gasteiger partial charge in [-0.3, -0.25) is 4.57 Å². The monoisotopic (exact) mass is 389 g/mol.